The van der Waals surface area contributed by atoms with E-state index in [9.17, 15) is 4.79 Å². The van der Waals surface area contributed by atoms with Gasteiger partial charge in [0.05, 0.1) is 0 Å². The largest absolute Gasteiger partial charge is 0.302 e. The van der Waals surface area contributed by atoms with Crippen LogP contribution in [0.4, 0.5) is 0 Å². The molecule has 108 valence electrons. The number of hydrogen-bond donors (Lipinski definition) is 0. The molecule has 1 aliphatic heterocycles. The number of hydrogen-bond acceptors (Lipinski definition) is 2. The number of benzene rings is 1. The molecule has 1 aromatic carbocycles. The monoisotopic (exact) mass is 271 g/mol. The molecule has 2 heteroatoms. The van der Waals surface area contributed by atoms with Gasteiger partial charge in [-0.15, -0.1) is 0 Å². The van der Waals surface area contributed by atoms with Crippen LogP contribution in [0.5, 0.6) is 0 Å². The first kappa shape index (κ1) is 13.8. The highest BCUT2D eigenvalue weighted by Crippen LogP contribution is 2.37. The van der Waals surface area contributed by atoms with Crippen LogP contribution in [0.2, 0.25) is 0 Å². The van der Waals surface area contributed by atoms with Crippen molar-refractivity contribution in [1.29, 1.82) is 0 Å². The van der Waals surface area contributed by atoms with Gasteiger partial charge in [0.15, 0.2) is 5.78 Å². The van der Waals surface area contributed by atoms with E-state index in [-0.39, 0.29) is 0 Å². The number of fused-ring (bicyclic) bond motifs is 1. The minimum atomic E-state index is 0.300. The molecule has 1 saturated carbocycles. The minimum Gasteiger partial charge on any atom is -0.302 e. The van der Waals surface area contributed by atoms with Crippen molar-refractivity contribution in [2.75, 3.05) is 19.6 Å². The molecule has 0 spiro atoms. The Labute approximate surface area is 122 Å². The molecular weight excluding hydrogens is 246 g/mol. The first-order chi connectivity index (χ1) is 9.61. The van der Waals surface area contributed by atoms with Gasteiger partial charge in [-0.3, -0.25) is 4.79 Å². The molecule has 1 saturated heterocycles. The Hall–Kier alpha value is -1.15. The molecule has 2 unspecified atom stereocenters. The topological polar surface area (TPSA) is 20.3 Å². The first-order valence-corrected chi connectivity index (χ1v) is 7.95. The van der Waals surface area contributed by atoms with E-state index in [1.54, 1.807) is 0 Å². The Morgan fingerprint density at radius 3 is 2.30 bits per heavy atom. The van der Waals surface area contributed by atoms with E-state index >= 15 is 0 Å². The quantitative estimate of drug-likeness (QED) is 0.780. The predicted octanol–water partition coefficient (Wildman–Crippen LogP) is 3.61. The fraction of sp³-hybridized carbons (Fsp3) is 0.611. The minimum absolute atomic E-state index is 0.300. The summed E-state index contributed by atoms with van der Waals surface area (Å²) in [5.74, 6) is 2.14. The molecule has 2 aliphatic rings. The molecule has 3 rings (SSSR count). The highest BCUT2D eigenvalue weighted by atomic mass is 16.1. The summed E-state index contributed by atoms with van der Waals surface area (Å²) in [7, 11) is 0. The van der Waals surface area contributed by atoms with E-state index in [0.717, 1.165) is 23.9 Å². The van der Waals surface area contributed by atoms with E-state index in [0.29, 0.717) is 12.2 Å². The number of Topliss-reactive ketones (excluding diaryl/α,β-unsaturated/α-hetero) is 1. The SMILES string of the molecule is Cc1cc(C)cc(C(=O)CCN2CC3CCCC3C2)c1. The van der Waals surface area contributed by atoms with Gasteiger partial charge in [0.25, 0.3) is 0 Å². The number of nitrogens with zero attached hydrogens (tertiary/aromatic N) is 1. The molecule has 2 nitrogen and oxygen atoms in total. The third kappa shape index (κ3) is 2.95. The van der Waals surface area contributed by atoms with Crippen molar-refractivity contribution in [2.45, 2.75) is 39.5 Å². The average Bonchev–Trinajstić information content (AvgIpc) is 2.95. The normalized spacial score (nSPS) is 25.9. The van der Waals surface area contributed by atoms with Crippen LogP contribution in [-0.4, -0.2) is 30.3 Å². The third-order valence-electron chi connectivity index (χ3n) is 5.00. The smallest absolute Gasteiger partial charge is 0.164 e. The summed E-state index contributed by atoms with van der Waals surface area (Å²) in [5, 5.41) is 0. The van der Waals surface area contributed by atoms with Crippen LogP contribution < -0.4 is 0 Å². The van der Waals surface area contributed by atoms with E-state index in [4.69, 9.17) is 0 Å². The zero-order valence-electron chi connectivity index (χ0n) is 12.7. The molecule has 1 aromatic rings. The lowest BCUT2D eigenvalue weighted by atomic mass is 10.0. The van der Waals surface area contributed by atoms with Gasteiger partial charge in [-0.1, -0.05) is 23.6 Å². The summed E-state index contributed by atoms with van der Waals surface area (Å²) in [4.78, 5) is 14.8. The second kappa shape index (κ2) is 5.69. The molecular formula is C18H25NO. The van der Waals surface area contributed by atoms with Crippen LogP contribution in [0.3, 0.4) is 0 Å². The van der Waals surface area contributed by atoms with E-state index in [2.05, 4.69) is 24.8 Å². The van der Waals surface area contributed by atoms with Gasteiger partial charge in [-0.25, -0.2) is 0 Å². The van der Waals surface area contributed by atoms with Gasteiger partial charge in [0.2, 0.25) is 0 Å². The molecule has 0 aromatic heterocycles. The summed E-state index contributed by atoms with van der Waals surface area (Å²) in [5.41, 5.74) is 3.26. The van der Waals surface area contributed by atoms with Crippen LogP contribution in [-0.2, 0) is 0 Å². The van der Waals surface area contributed by atoms with Gasteiger partial charge >= 0.3 is 0 Å². The molecule has 0 radical (unpaired) electrons. The number of carbonyl (C=O) groups excluding carboxylic acids is 1. The Morgan fingerprint density at radius 2 is 1.70 bits per heavy atom. The maximum absolute atomic E-state index is 12.3. The average molecular weight is 271 g/mol. The molecule has 20 heavy (non-hydrogen) atoms. The van der Waals surface area contributed by atoms with Gasteiger partial charge < -0.3 is 4.90 Å². The van der Waals surface area contributed by atoms with Gasteiger partial charge in [-0.2, -0.15) is 0 Å². The zero-order chi connectivity index (χ0) is 14.1. The van der Waals surface area contributed by atoms with Crippen LogP contribution in [0.25, 0.3) is 0 Å². The number of aryl methyl sites for hydroxylation is 2. The van der Waals surface area contributed by atoms with Crippen molar-refractivity contribution in [3.8, 4) is 0 Å². The third-order valence-corrected chi connectivity index (χ3v) is 5.00. The van der Waals surface area contributed by atoms with Crippen LogP contribution in [0.1, 0.15) is 47.2 Å². The Bertz CT molecular complexity index is 476. The summed E-state index contributed by atoms with van der Waals surface area (Å²) in [6, 6.07) is 6.17. The molecule has 2 fully saturated rings. The van der Waals surface area contributed by atoms with Crippen molar-refractivity contribution in [1.82, 2.24) is 4.90 Å². The standard InChI is InChI=1S/C18H25NO/c1-13-8-14(2)10-17(9-13)18(20)6-7-19-11-15-4-3-5-16(15)12-19/h8-10,15-16H,3-7,11-12H2,1-2H3. The second-order valence-electron chi connectivity index (χ2n) is 6.76. The first-order valence-electron chi connectivity index (χ1n) is 7.95. The predicted molar refractivity (Wildman–Crippen MR) is 82.1 cm³/mol. The molecule has 1 aliphatic carbocycles. The summed E-state index contributed by atoms with van der Waals surface area (Å²) in [6.07, 6.45) is 4.91. The highest BCUT2D eigenvalue weighted by molar-refractivity contribution is 5.96. The second-order valence-corrected chi connectivity index (χ2v) is 6.76. The Morgan fingerprint density at radius 1 is 1.10 bits per heavy atom. The molecule has 0 amide bonds. The highest BCUT2D eigenvalue weighted by Gasteiger charge is 2.35. The number of likely N-dealkylation sites (tertiary alicyclic amines) is 1. The lowest BCUT2D eigenvalue weighted by Crippen LogP contribution is -2.24. The Kier molecular flexibility index (Phi) is 3.93. The fourth-order valence-corrected chi connectivity index (χ4v) is 4.05. The van der Waals surface area contributed by atoms with Gasteiger partial charge in [0, 0.05) is 31.6 Å². The van der Waals surface area contributed by atoms with E-state index in [1.807, 2.05) is 12.1 Å². The van der Waals surface area contributed by atoms with Crippen molar-refractivity contribution in [2.24, 2.45) is 11.8 Å². The number of carbonyl (C=O) groups is 1. The van der Waals surface area contributed by atoms with Gasteiger partial charge in [0.1, 0.15) is 0 Å². The van der Waals surface area contributed by atoms with Crippen molar-refractivity contribution < 1.29 is 4.79 Å². The number of rotatable bonds is 4. The molecule has 2 atom stereocenters. The zero-order valence-corrected chi connectivity index (χ0v) is 12.7. The molecule has 0 N–H and O–H groups in total. The van der Waals surface area contributed by atoms with Gasteiger partial charge in [-0.05, 0) is 50.7 Å². The summed E-state index contributed by atoms with van der Waals surface area (Å²) < 4.78 is 0. The van der Waals surface area contributed by atoms with Crippen LogP contribution in [0.15, 0.2) is 18.2 Å². The lowest BCUT2D eigenvalue weighted by Gasteiger charge is -2.16. The van der Waals surface area contributed by atoms with Crippen LogP contribution >= 0.6 is 0 Å². The molecule has 0 bridgehead atoms. The fourth-order valence-electron chi connectivity index (χ4n) is 4.05. The van der Waals surface area contributed by atoms with Crippen LogP contribution in [0, 0.1) is 25.7 Å². The summed E-state index contributed by atoms with van der Waals surface area (Å²) >= 11 is 0. The van der Waals surface area contributed by atoms with Crippen molar-refractivity contribution in [3.63, 3.8) is 0 Å². The molecule has 1 heterocycles. The van der Waals surface area contributed by atoms with Crippen molar-refractivity contribution in [3.05, 3.63) is 34.9 Å². The number of ketones is 1. The maximum atomic E-state index is 12.3. The van der Waals surface area contributed by atoms with Crippen molar-refractivity contribution >= 4 is 5.78 Å². The Balaban J connectivity index is 1.54. The van der Waals surface area contributed by atoms with E-state index < -0.39 is 0 Å². The summed E-state index contributed by atoms with van der Waals surface area (Å²) in [6.45, 7) is 7.52. The lowest BCUT2D eigenvalue weighted by molar-refractivity contribution is 0.0967. The maximum Gasteiger partial charge on any atom is 0.164 e. The van der Waals surface area contributed by atoms with E-state index in [1.165, 1.54) is 43.5 Å².